The number of hydrogen-bond donors (Lipinski definition) is 1. The summed E-state index contributed by atoms with van der Waals surface area (Å²) in [6.07, 6.45) is 2.26. The van der Waals surface area contributed by atoms with Crippen molar-refractivity contribution in [1.29, 1.82) is 0 Å². The third kappa shape index (κ3) is 6.50. The predicted molar refractivity (Wildman–Crippen MR) is 133 cm³/mol. The van der Waals surface area contributed by atoms with Crippen LogP contribution in [0.3, 0.4) is 0 Å². The van der Waals surface area contributed by atoms with E-state index in [0.29, 0.717) is 0 Å². The second-order valence-corrected chi connectivity index (χ2v) is 8.38. The summed E-state index contributed by atoms with van der Waals surface area (Å²) in [5, 5.41) is 10.2. The first-order chi connectivity index (χ1) is 17.0. The van der Waals surface area contributed by atoms with E-state index in [1.54, 1.807) is 17.9 Å². The van der Waals surface area contributed by atoms with Crippen LogP contribution in [0.15, 0.2) is 72.8 Å². The van der Waals surface area contributed by atoms with Gasteiger partial charge in [-0.1, -0.05) is 80.6 Å². The summed E-state index contributed by atoms with van der Waals surface area (Å²) in [6.45, 7) is 5.66. The Morgan fingerprint density at radius 3 is 2.09 bits per heavy atom. The molecule has 3 rings (SSSR count). The number of esters is 1. The molecule has 0 saturated carbocycles. The topological polar surface area (TPSA) is 85.3 Å². The van der Waals surface area contributed by atoms with Gasteiger partial charge in [0.05, 0.1) is 31.4 Å². The van der Waals surface area contributed by atoms with Crippen molar-refractivity contribution in [3.05, 3.63) is 83.9 Å². The first-order valence-electron chi connectivity index (χ1n) is 12.2. The van der Waals surface area contributed by atoms with Crippen molar-refractivity contribution in [2.45, 2.75) is 64.0 Å². The van der Waals surface area contributed by atoms with E-state index in [-0.39, 0.29) is 19.3 Å². The number of cyclic esters (lactones) is 1. The molecule has 0 aromatic heterocycles. The van der Waals surface area contributed by atoms with Gasteiger partial charge >= 0.3 is 12.1 Å². The Hall–Kier alpha value is -3.16. The van der Waals surface area contributed by atoms with Crippen LogP contribution in [0.1, 0.15) is 50.8 Å². The first-order valence-corrected chi connectivity index (χ1v) is 12.2. The zero-order valence-corrected chi connectivity index (χ0v) is 20.6. The van der Waals surface area contributed by atoms with Crippen LogP contribution in [0, 0.1) is 0 Å². The highest BCUT2D eigenvalue weighted by Crippen LogP contribution is 2.37. The van der Waals surface area contributed by atoms with Crippen LogP contribution in [0.2, 0.25) is 0 Å². The Morgan fingerprint density at radius 2 is 1.60 bits per heavy atom. The number of nitrogens with zero attached hydrogens (tertiary/aromatic N) is 1. The molecule has 7 nitrogen and oxygen atoms in total. The number of rotatable bonds is 12. The third-order valence-electron chi connectivity index (χ3n) is 6.15. The number of amides is 1. The molecule has 0 aliphatic carbocycles. The Balaban J connectivity index is 2.07. The third-order valence-corrected chi connectivity index (χ3v) is 6.15. The fourth-order valence-corrected chi connectivity index (χ4v) is 4.41. The lowest BCUT2D eigenvalue weighted by Crippen LogP contribution is -2.45. The molecule has 1 aliphatic heterocycles. The van der Waals surface area contributed by atoms with Gasteiger partial charge in [0.1, 0.15) is 6.10 Å². The molecule has 0 radical (unpaired) electrons. The second kappa shape index (κ2) is 13.1. The van der Waals surface area contributed by atoms with Crippen LogP contribution < -0.4 is 0 Å². The number of aliphatic hydroxyl groups excluding tert-OH is 1. The van der Waals surface area contributed by atoms with Crippen molar-refractivity contribution in [3.8, 4) is 0 Å². The molecular formula is C28H35NO6. The molecule has 0 unspecified atom stereocenters. The lowest BCUT2D eigenvalue weighted by Gasteiger charge is -2.33. The summed E-state index contributed by atoms with van der Waals surface area (Å²) < 4.78 is 17.1. The molecule has 1 N–H and O–H groups in total. The standard InChI is InChI=1S/C28H35NO6/c1-4-22(5-2)34-24(19-30)27-23(17-18-25(31)33-6-3)29(28(32)35-27)26(20-13-9-7-10-14-20)21-15-11-8-12-16-21/h7-18,22-24,26-27,30H,4-6,19H2,1-3H3/b18-17+/t23-,24+,27-/m0/s1. The van der Waals surface area contributed by atoms with Crippen LogP contribution in [-0.4, -0.2) is 59.6 Å². The van der Waals surface area contributed by atoms with Crippen LogP contribution in [-0.2, 0) is 19.0 Å². The molecule has 2 aromatic rings. The van der Waals surface area contributed by atoms with Gasteiger partial charge in [0.2, 0.25) is 0 Å². The number of carbonyl (C=O) groups is 2. The van der Waals surface area contributed by atoms with Gasteiger partial charge in [-0.2, -0.15) is 0 Å². The molecule has 1 fully saturated rings. The predicted octanol–water partition coefficient (Wildman–Crippen LogP) is 4.65. The average molecular weight is 482 g/mol. The van der Waals surface area contributed by atoms with E-state index < -0.39 is 36.4 Å². The van der Waals surface area contributed by atoms with Gasteiger partial charge in [0.15, 0.2) is 6.10 Å². The van der Waals surface area contributed by atoms with Crippen molar-refractivity contribution >= 4 is 12.1 Å². The maximum atomic E-state index is 13.4. The van der Waals surface area contributed by atoms with E-state index in [9.17, 15) is 14.7 Å². The SMILES string of the molecule is CCOC(=O)/C=C/[C@H]1[C@@H]([C@@H](CO)OC(CC)CC)OC(=O)N1C(c1ccccc1)c1ccccc1. The lowest BCUT2D eigenvalue weighted by molar-refractivity contribution is -0.137. The summed E-state index contributed by atoms with van der Waals surface area (Å²) in [7, 11) is 0. The van der Waals surface area contributed by atoms with E-state index in [0.717, 1.165) is 24.0 Å². The highest BCUT2D eigenvalue weighted by atomic mass is 16.6. The highest BCUT2D eigenvalue weighted by molar-refractivity contribution is 5.82. The fraction of sp³-hybridized carbons (Fsp3) is 0.429. The minimum Gasteiger partial charge on any atom is -0.463 e. The minimum atomic E-state index is -0.811. The van der Waals surface area contributed by atoms with Crippen molar-refractivity contribution in [3.63, 3.8) is 0 Å². The number of carbonyl (C=O) groups excluding carboxylic acids is 2. The fourth-order valence-electron chi connectivity index (χ4n) is 4.41. The summed E-state index contributed by atoms with van der Waals surface area (Å²) in [4.78, 5) is 27.2. The van der Waals surface area contributed by atoms with Crippen LogP contribution >= 0.6 is 0 Å². The van der Waals surface area contributed by atoms with E-state index in [1.807, 2.05) is 74.5 Å². The molecule has 188 valence electrons. The average Bonchev–Trinajstić information content (AvgIpc) is 3.20. The number of aliphatic hydroxyl groups is 1. The second-order valence-electron chi connectivity index (χ2n) is 8.38. The normalized spacial score (nSPS) is 18.9. The molecule has 35 heavy (non-hydrogen) atoms. The minimum absolute atomic E-state index is 0.0892. The summed E-state index contributed by atoms with van der Waals surface area (Å²) >= 11 is 0. The number of hydrogen-bond acceptors (Lipinski definition) is 6. The van der Waals surface area contributed by atoms with E-state index in [1.165, 1.54) is 6.08 Å². The van der Waals surface area contributed by atoms with Gasteiger partial charge in [-0.25, -0.2) is 9.59 Å². The lowest BCUT2D eigenvalue weighted by atomic mass is 9.94. The molecule has 1 amide bonds. The van der Waals surface area contributed by atoms with E-state index >= 15 is 0 Å². The number of ether oxygens (including phenoxy) is 3. The zero-order valence-electron chi connectivity index (χ0n) is 20.6. The maximum Gasteiger partial charge on any atom is 0.411 e. The molecule has 1 saturated heterocycles. The molecule has 7 heteroatoms. The Labute approximate surface area is 207 Å². The van der Waals surface area contributed by atoms with Crippen molar-refractivity contribution in [2.24, 2.45) is 0 Å². The summed E-state index contributed by atoms with van der Waals surface area (Å²) in [5.41, 5.74) is 1.79. The monoisotopic (exact) mass is 481 g/mol. The van der Waals surface area contributed by atoms with Crippen LogP contribution in [0.25, 0.3) is 0 Å². The van der Waals surface area contributed by atoms with Crippen molar-refractivity contribution < 1.29 is 28.9 Å². The van der Waals surface area contributed by atoms with Gasteiger partial charge in [-0.3, -0.25) is 4.90 Å². The molecular weight excluding hydrogens is 446 g/mol. The Bertz CT molecular complexity index is 920. The Morgan fingerprint density at radius 1 is 1.03 bits per heavy atom. The molecule has 0 spiro atoms. The van der Waals surface area contributed by atoms with Crippen molar-refractivity contribution in [1.82, 2.24) is 4.90 Å². The maximum absolute atomic E-state index is 13.4. The van der Waals surface area contributed by atoms with Crippen molar-refractivity contribution in [2.75, 3.05) is 13.2 Å². The highest BCUT2D eigenvalue weighted by Gasteiger charge is 2.48. The quantitative estimate of drug-likeness (QED) is 0.351. The summed E-state index contributed by atoms with van der Waals surface area (Å²) in [6, 6.07) is 18.2. The van der Waals surface area contributed by atoms with Gasteiger partial charge in [0, 0.05) is 6.08 Å². The van der Waals surface area contributed by atoms with Crippen LogP contribution in [0.4, 0.5) is 4.79 Å². The molecule has 1 heterocycles. The van der Waals surface area contributed by atoms with Gasteiger partial charge < -0.3 is 19.3 Å². The van der Waals surface area contributed by atoms with Gasteiger partial charge in [-0.15, -0.1) is 0 Å². The molecule has 2 aromatic carbocycles. The van der Waals surface area contributed by atoms with Gasteiger partial charge in [0.25, 0.3) is 0 Å². The van der Waals surface area contributed by atoms with Crippen LogP contribution in [0.5, 0.6) is 0 Å². The Kier molecular flexibility index (Phi) is 9.87. The first kappa shape index (κ1) is 26.4. The zero-order chi connectivity index (χ0) is 25.2. The smallest absolute Gasteiger partial charge is 0.411 e. The molecule has 0 bridgehead atoms. The molecule has 3 atom stereocenters. The largest absolute Gasteiger partial charge is 0.463 e. The number of benzene rings is 2. The molecule has 1 aliphatic rings. The van der Waals surface area contributed by atoms with E-state index in [2.05, 4.69) is 0 Å². The van der Waals surface area contributed by atoms with E-state index in [4.69, 9.17) is 14.2 Å². The summed E-state index contributed by atoms with van der Waals surface area (Å²) in [5.74, 6) is -0.511. The van der Waals surface area contributed by atoms with Gasteiger partial charge in [-0.05, 0) is 30.9 Å².